The van der Waals surface area contributed by atoms with Gasteiger partial charge in [-0.2, -0.15) is 0 Å². The summed E-state index contributed by atoms with van der Waals surface area (Å²) in [5.41, 5.74) is 5.45. The van der Waals surface area contributed by atoms with Crippen LogP contribution >= 0.6 is 31.3 Å². The van der Waals surface area contributed by atoms with Crippen molar-refractivity contribution in [1.82, 2.24) is 9.80 Å². The van der Waals surface area contributed by atoms with Gasteiger partial charge in [0.15, 0.2) is 0 Å². The van der Waals surface area contributed by atoms with E-state index in [9.17, 15) is 23.7 Å². The topological polar surface area (TPSA) is 136 Å². The van der Waals surface area contributed by atoms with Crippen molar-refractivity contribution in [3.63, 3.8) is 0 Å². The molecule has 13 heteroatoms. The molecule has 0 aliphatic carbocycles. The van der Waals surface area contributed by atoms with Gasteiger partial charge in [0.1, 0.15) is 12.2 Å². The number of nitrogens with zero attached hydrogens (tertiary/aromatic N) is 2. The predicted octanol–water partition coefficient (Wildman–Crippen LogP) is 1.25. The van der Waals surface area contributed by atoms with Crippen LogP contribution in [0.4, 0.5) is 9.59 Å². The molecule has 0 radical (unpaired) electrons. The van der Waals surface area contributed by atoms with E-state index in [1.807, 2.05) is 0 Å². The number of carbonyl (C=O) groups is 4. The Hall–Kier alpha value is -0.910. The fourth-order valence-electron chi connectivity index (χ4n) is 2.18. The first-order chi connectivity index (χ1) is 11.6. The highest BCUT2D eigenvalue weighted by Crippen LogP contribution is 2.42. The summed E-state index contributed by atoms with van der Waals surface area (Å²) in [4.78, 5) is 49.2. The van der Waals surface area contributed by atoms with Crippen molar-refractivity contribution in [1.29, 1.82) is 0 Å². The van der Waals surface area contributed by atoms with Gasteiger partial charge in [0.2, 0.25) is 0 Å². The van der Waals surface area contributed by atoms with Gasteiger partial charge in [-0.25, -0.2) is 10.1 Å². The van der Waals surface area contributed by atoms with E-state index in [4.69, 9.17) is 14.6 Å². The Kier molecular flexibility index (Phi) is 6.68. The standard InChI is InChI=1S/C12H18N3O7PS2/c1-7(9(16)14-3-5-24-11(14)18)21-23(13,20)22-8(2)10(17)15-4-6-25-12(15)19/h7-8H,3-6H2,1-2H3,(H2,13,20). The fraction of sp³-hybridized carbons (Fsp3) is 0.667. The Balaban J connectivity index is 1.92. The van der Waals surface area contributed by atoms with E-state index in [0.29, 0.717) is 11.5 Å². The molecule has 0 aromatic carbocycles. The molecule has 2 N–H and O–H groups in total. The number of hydrogen-bond acceptors (Lipinski definition) is 9. The lowest BCUT2D eigenvalue weighted by Gasteiger charge is -2.24. The van der Waals surface area contributed by atoms with Crippen LogP contribution in [0.2, 0.25) is 0 Å². The molecule has 2 fully saturated rings. The Morgan fingerprint density at radius 3 is 1.64 bits per heavy atom. The van der Waals surface area contributed by atoms with Gasteiger partial charge in [0.25, 0.3) is 22.3 Å². The van der Waals surface area contributed by atoms with Crippen molar-refractivity contribution >= 4 is 53.6 Å². The molecule has 2 heterocycles. The number of nitrogens with two attached hydrogens (primary N) is 1. The first kappa shape index (κ1) is 20.4. The first-order valence-electron chi connectivity index (χ1n) is 7.34. The minimum atomic E-state index is -4.26. The normalized spacial score (nSPS) is 22.8. The SMILES string of the molecule is CC(OP(N)(=O)OC(C)C(=O)N1CCSC1=O)C(=O)N1CCSC1=O. The Labute approximate surface area is 152 Å². The molecular weight excluding hydrogens is 393 g/mol. The molecule has 4 amide bonds. The van der Waals surface area contributed by atoms with E-state index in [1.54, 1.807) is 0 Å². The third-order valence-corrected chi connectivity index (χ3v) is 6.29. The number of rotatable bonds is 6. The number of carbonyl (C=O) groups excluding carboxylic acids is 4. The van der Waals surface area contributed by atoms with Crippen molar-refractivity contribution in [2.45, 2.75) is 26.1 Å². The van der Waals surface area contributed by atoms with Crippen LogP contribution < -0.4 is 5.50 Å². The summed E-state index contributed by atoms with van der Waals surface area (Å²) >= 11 is 1.99. The Morgan fingerprint density at radius 1 is 1.00 bits per heavy atom. The minimum absolute atomic E-state index is 0.232. The van der Waals surface area contributed by atoms with E-state index < -0.39 is 42.2 Å². The second kappa shape index (κ2) is 8.19. The molecule has 2 aliphatic rings. The van der Waals surface area contributed by atoms with Crippen LogP contribution in [0.15, 0.2) is 0 Å². The molecule has 2 aliphatic heterocycles. The lowest BCUT2D eigenvalue weighted by atomic mass is 10.3. The van der Waals surface area contributed by atoms with Gasteiger partial charge in [-0.1, -0.05) is 23.5 Å². The summed E-state index contributed by atoms with van der Waals surface area (Å²) < 4.78 is 22.2. The van der Waals surface area contributed by atoms with Crippen molar-refractivity contribution in [2.24, 2.45) is 5.50 Å². The van der Waals surface area contributed by atoms with E-state index in [2.05, 4.69) is 0 Å². The zero-order valence-electron chi connectivity index (χ0n) is 13.6. The largest absolute Gasteiger partial charge is 0.404 e. The molecule has 0 bridgehead atoms. The van der Waals surface area contributed by atoms with E-state index in [-0.39, 0.29) is 13.1 Å². The zero-order valence-corrected chi connectivity index (χ0v) is 16.1. The highest BCUT2D eigenvalue weighted by molar-refractivity contribution is 8.14. The maximum absolute atomic E-state index is 12.2. The van der Waals surface area contributed by atoms with Gasteiger partial charge in [-0.15, -0.1) is 0 Å². The third kappa shape index (κ3) is 5.05. The lowest BCUT2D eigenvalue weighted by molar-refractivity contribution is -0.136. The summed E-state index contributed by atoms with van der Waals surface area (Å²) in [6.07, 6.45) is -2.57. The average molecular weight is 411 g/mol. The van der Waals surface area contributed by atoms with E-state index >= 15 is 0 Å². The molecule has 140 valence electrons. The molecule has 25 heavy (non-hydrogen) atoms. The summed E-state index contributed by atoms with van der Waals surface area (Å²) in [7, 11) is -4.26. The zero-order chi connectivity index (χ0) is 18.8. The fourth-order valence-corrected chi connectivity index (χ4v) is 4.86. The van der Waals surface area contributed by atoms with Crippen LogP contribution in [0.25, 0.3) is 0 Å². The smallest absolute Gasteiger partial charge is 0.284 e. The minimum Gasteiger partial charge on any atom is -0.284 e. The molecule has 2 atom stereocenters. The molecule has 2 saturated heterocycles. The number of hydrogen-bond donors (Lipinski definition) is 1. The molecule has 10 nitrogen and oxygen atoms in total. The van der Waals surface area contributed by atoms with Crippen LogP contribution in [0, 0.1) is 0 Å². The second-order valence-corrected chi connectivity index (χ2v) is 8.84. The molecule has 0 aromatic heterocycles. The maximum atomic E-state index is 12.2. The Bertz CT molecular complexity index is 596. The molecule has 0 aromatic rings. The van der Waals surface area contributed by atoms with Crippen molar-refractivity contribution in [3.05, 3.63) is 0 Å². The monoisotopic (exact) mass is 411 g/mol. The van der Waals surface area contributed by atoms with Crippen molar-refractivity contribution in [2.75, 3.05) is 24.6 Å². The van der Waals surface area contributed by atoms with Crippen LogP contribution in [-0.4, -0.2) is 68.9 Å². The van der Waals surface area contributed by atoms with Gasteiger partial charge in [0.05, 0.1) is 0 Å². The molecule has 2 rings (SSSR count). The van der Waals surface area contributed by atoms with Crippen LogP contribution in [0.1, 0.15) is 13.8 Å². The number of amides is 4. The van der Waals surface area contributed by atoms with Gasteiger partial charge >= 0.3 is 7.75 Å². The van der Waals surface area contributed by atoms with Crippen LogP contribution in [-0.2, 0) is 23.2 Å². The second-order valence-electron chi connectivity index (χ2n) is 5.24. The van der Waals surface area contributed by atoms with E-state index in [0.717, 1.165) is 33.3 Å². The quantitative estimate of drug-likeness (QED) is 0.636. The molecular formula is C12H18N3O7PS2. The molecule has 0 saturated carbocycles. The van der Waals surface area contributed by atoms with Crippen molar-refractivity contribution < 1.29 is 32.8 Å². The lowest BCUT2D eigenvalue weighted by Crippen LogP contribution is -2.41. The maximum Gasteiger partial charge on any atom is 0.404 e. The first-order valence-corrected chi connectivity index (χ1v) is 10.9. The molecule has 0 spiro atoms. The van der Waals surface area contributed by atoms with Gasteiger partial charge < -0.3 is 0 Å². The summed E-state index contributed by atoms with van der Waals surface area (Å²) in [6.45, 7) is 3.04. The number of thioether (sulfide) groups is 2. The Morgan fingerprint density at radius 2 is 1.36 bits per heavy atom. The number of imide groups is 2. The van der Waals surface area contributed by atoms with E-state index in [1.165, 1.54) is 13.8 Å². The highest BCUT2D eigenvalue weighted by atomic mass is 32.2. The van der Waals surface area contributed by atoms with Gasteiger partial charge in [0, 0.05) is 24.6 Å². The van der Waals surface area contributed by atoms with Gasteiger partial charge in [-0.3, -0.25) is 38.0 Å². The van der Waals surface area contributed by atoms with Crippen LogP contribution in [0.5, 0.6) is 0 Å². The summed E-state index contributed by atoms with van der Waals surface area (Å²) in [5, 5.41) is -0.830. The summed E-state index contributed by atoms with van der Waals surface area (Å²) in [6, 6.07) is 0. The van der Waals surface area contributed by atoms with Crippen LogP contribution in [0.3, 0.4) is 0 Å². The third-order valence-electron chi connectivity index (χ3n) is 3.36. The van der Waals surface area contributed by atoms with Crippen molar-refractivity contribution in [3.8, 4) is 0 Å². The highest BCUT2D eigenvalue weighted by Gasteiger charge is 2.38. The van der Waals surface area contributed by atoms with Gasteiger partial charge in [-0.05, 0) is 13.8 Å². The predicted molar refractivity (Wildman–Crippen MR) is 92.0 cm³/mol. The molecule has 2 unspecified atom stereocenters. The summed E-state index contributed by atoms with van der Waals surface area (Å²) in [5.74, 6) is -0.424. The average Bonchev–Trinajstić information content (AvgIpc) is 3.13.